The summed E-state index contributed by atoms with van der Waals surface area (Å²) in [6.07, 6.45) is 1.71. The Labute approximate surface area is 131 Å². The van der Waals surface area contributed by atoms with E-state index in [1.807, 2.05) is 0 Å². The predicted octanol–water partition coefficient (Wildman–Crippen LogP) is 2.95. The monoisotopic (exact) mass is 321 g/mol. The van der Waals surface area contributed by atoms with Gasteiger partial charge in [-0.1, -0.05) is 11.2 Å². The molecule has 0 aliphatic carbocycles. The molecule has 1 aromatic carbocycles. The molecular formula is C15H16FN3O2S. The smallest absolute Gasteiger partial charge is 0.240 e. The number of amides is 1. The van der Waals surface area contributed by atoms with Crippen LogP contribution >= 0.6 is 11.8 Å². The first-order chi connectivity index (χ1) is 10.6. The van der Waals surface area contributed by atoms with Gasteiger partial charge in [0, 0.05) is 19.2 Å². The average Bonchev–Trinajstić information content (AvgIpc) is 2.92. The SMILES string of the molecule is Cc1nc(CSC2CCCN(c3cccc(F)c3)C2=O)no1. The summed E-state index contributed by atoms with van der Waals surface area (Å²) in [4.78, 5) is 18.4. The topological polar surface area (TPSA) is 59.2 Å². The van der Waals surface area contributed by atoms with Crippen molar-refractivity contribution < 1.29 is 13.7 Å². The van der Waals surface area contributed by atoms with Crippen LogP contribution in [-0.2, 0) is 10.5 Å². The standard InChI is InChI=1S/C15H16FN3O2S/c1-10-17-14(18-21-10)9-22-13-6-3-7-19(15(13)20)12-5-2-4-11(16)8-12/h2,4-5,8,13H,3,6-7,9H2,1H3. The Bertz CT molecular complexity index is 676. The fourth-order valence-corrected chi connectivity index (χ4v) is 3.54. The predicted molar refractivity (Wildman–Crippen MR) is 82.1 cm³/mol. The number of anilines is 1. The first-order valence-corrected chi connectivity index (χ1v) is 8.16. The Morgan fingerprint density at radius 1 is 1.50 bits per heavy atom. The molecule has 0 bridgehead atoms. The number of aromatic nitrogens is 2. The van der Waals surface area contributed by atoms with E-state index in [1.165, 1.54) is 23.9 Å². The van der Waals surface area contributed by atoms with E-state index in [0.717, 1.165) is 12.8 Å². The number of halogens is 1. The van der Waals surface area contributed by atoms with Gasteiger partial charge in [0.25, 0.3) is 0 Å². The highest BCUT2D eigenvalue weighted by atomic mass is 32.2. The van der Waals surface area contributed by atoms with E-state index in [2.05, 4.69) is 10.1 Å². The van der Waals surface area contributed by atoms with E-state index in [4.69, 9.17) is 4.52 Å². The highest BCUT2D eigenvalue weighted by Crippen LogP contribution is 2.29. The molecule has 1 fully saturated rings. The Morgan fingerprint density at radius 3 is 3.09 bits per heavy atom. The van der Waals surface area contributed by atoms with E-state index in [-0.39, 0.29) is 17.0 Å². The van der Waals surface area contributed by atoms with Gasteiger partial charge in [-0.15, -0.1) is 11.8 Å². The van der Waals surface area contributed by atoms with Crippen molar-refractivity contribution in [1.82, 2.24) is 10.1 Å². The summed E-state index contributed by atoms with van der Waals surface area (Å²) in [5.74, 6) is 1.33. The maximum atomic E-state index is 13.3. The van der Waals surface area contributed by atoms with Crippen LogP contribution in [0.3, 0.4) is 0 Å². The second-order valence-electron chi connectivity index (χ2n) is 5.14. The molecule has 116 valence electrons. The zero-order valence-electron chi connectivity index (χ0n) is 12.2. The zero-order valence-corrected chi connectivity index (χ0v) is 13.0. The van der Waals surface area contributed by atoms with Crippen LogP contribution in [0.4, 0.5) is 10.1 Å². The average molecular weight is 321 g/mol. The molecule has 0 N–H and O–H groups in total. The Balaban J connectivity index is 1.67. The maximum absolute atomic E-state index is 13.3. The summed E-state index contributed by atoms with van der Waals surface area (Å²) >= 11 is 1.50. The van der Waals surface area contributed by atoms with Crippen LogP contribution < -0.4 is 4.90 Å². The normalized spacial score (nSPS) is 18.7. The number of nitrogens with zero attached hydrogens (tertiary/aromatic N) is 3. The minimum atomic E-state index is -0.331. The first kappa shape index (κ1) is 15.0. The maximum Gasteiger partial charge on any atom is 0.240 e. The molecule has 22 heavy (non-hydrogen) atoms. The minimum Gasteiger partial charge on any atom is -0.340 e. The van der Waals surface area contributed by atoms with Crippen molar-refractivity contribution in [2.45, 2.75) is 30.8 Å². The number of carbonyl (C=O) groups excluding carboxylic acids is 1. The molecule has 1 amide bonds. The molecule has 1 aliphatic heterocycles. The number of rotatable bonds is 4. The highest BCUT2D eigenvalue weighted by molar-refractivity contribution is 7.99. The molecule has 7 heteroatoms. The van der Waals surface area contributed by atoms with Crippen molar-refractivity contribution in [1.29, 1.82) is 0 Å². The fourth-order valence-electron chi connectivity index (χ4n) is 2.47. The summed E-state index contributed by atoms with van der Waals surface area (Å²) in [6.45, 7) is 2.36. The number of hydrogen-bond acceptors (Lipinski definition) is 5. The van der Waals surface area contributed by atoms with Crippen LogP contribution in [0.25, 0.3) is 0 Å². The third-order valence-electron chi connectivity index (χ3n) is 3.49. The van der Waals surface area contributed by atoms with E-state index in [1.54, 1.807) is 24.0 Å². The van der Waals surface area contributed by atoms with Gasteiger partial charge in [0.1, 0.15) is 5.82 Å². The lowest BCUT2D eigenvalue weighted by Crippen LogP contribution is -2.43. The molecule has 1 saturated heterocycles. The van der Waals surface area contributed by atoms with Gasteiger partial charge in [0.15, 0.2) is 5.82 Å². The van der Waals surface area contributed by atoms with Crippen LogP contribution in [0.1, 0.15) is 24.6 Å². The van der Waals surface area contributed by atoms with Crippen molar-refractivity contribution in [3.05, 3.63) is 41.8 Å². The molecule has 1 aromatic heterocycles. The number of aryl methyl sites for hydroxylation is 1. The van der Waals surface area contributed by atoms with Gasteiger partial charge in [0.05, 0.1) is 11.0 Å². The lowest BCUT2D eigenvalue weighted by Gasteiger charge is -2.31. The minimum absolute atomic E-state index is 0.0158. The van der Waals surface area contributed by atoms with E-state index < -0.39 is 0 Å². The Kier molecular flexibility index (Phi) is 4.42. The summed E-state index contributed by atoms with van der Waals surface area (Å²) in [6, 6.07) is 6.16. The molecule has 2 heterocycles. The van der Waals surface area contributed by atoms with Gasteiger partial charge in [-0.2, -0.15) is 4.98 Å². The van der Waals surface area contributed by atoms with E-state index >= 15 is 0 Å². The van der Waals surface area contributed by atoms with Crippen molar-refractivity contribution >= 4 is 23.4 Å². The fraction of sp³-hybridized carbons (Fsp3) is 0.400. The van der Waals surface area contributed by atoms with Gasteiger partial charge in [0.2, 0.25) is 11.8 Å². The van der Waals surface area contributed by atoms with Crippen molar-refractivity contribution in [2.75, 3.05) is 11.4 Å². The van der Waals surface area contributed by atoms with E-state index in [9.17, 15) is 9.18 Å². The molecular weight excluding hydrogens is 305 g/mol. The van der Waals surface area contributed by atoms with Crippen molar-refractivity contribution in [3.63, 3.8) is 0 Å². The third kappa shape index (κ3) is 3.30. The molecule has 0 spiro atoms. The highest BCUT2D eigenvalue weighted by Gasteiger charge is 2.30. The number of benzene rings is 1. The summed E-state index contributed by atoms with van der Waals surface area (Å²) in [5.41, 5.74) is 0.616. The van der Waals surface area contributed by atoms with Gasteiger partial charge in [-0.05, 0) is 31.0 Å². The van der Waals surface area contributed by atoms with Crippen LogP contribution in [0.5, 0.6) is 0 Å². The molecule has 0 radical (unpaired) electrons. The van der Waals surface area contributed by atoms with Gasteiger partial charge in [-0.3, -0.25) is 4.79 Å². The Morgan fingerprint density at radius 2 is 2.36 bits per heavy atom. The largest absolute Gasteiger partial charge is 0.340 e. The molecule has 1 atom stereocenters. The molecule has 3 rings (SSSR count). The number of carbonyl (C=O) groups is 1. The molecule has 1 unspecified atom stereocenters. The van der Waals surface area contributed by atoms with Crippen LogP contribution in [0.2, 0.25) is 0 Å². The molecule has 1 aliphatic rings. The second-order valence-corrected chi connectivity index (χ2v) is 6.33. The number of piperidine rings is 1. The molecule has 2 aromatic rings. The quantitative estimate of drug-likeness (QED) is 0.866. The van der Waals surface area contributed by atoms with Crippen molar-refractivity contribution in [3.8, 4) is 0 Å². The van der Waals surface area contributed by atoms with Gasteiger partial charge >= 0.3 is 0 Å². The number of thioether (sulfide) groups is 1. The van der Waals surface area contributed by atoms with E-state index in [0.29, 0.717) is 29.7 Å². The number of hydrogen-bond donors (Lipinski definition) is 0. The Hall–Kier alpha value is -1.89. The summed E-state index contributed by atoms with van der Waals surface area (Å²) in [5, 5.41) is 3.68. The lowest BCUT2D eigenvalue weighted by molar-refractivity contribution is -0.119. The third-order valence-corrected chi connectivity index (χ3v) is 4.76. The second kappa shape index (κ2) is 6.48. The zero-order chi connectivity index (χ0) is 15.5. The van der Waals surface area contributed by atoms with Crippen LogP contribution in [0.15, 0.2) is 28.8 Å². The first-order valence-electron chi connectivity index (χ1n) is 7.11. The summed E-state index contributed by atoms with van der Waals surface area (Å²) in [7, 11) is 0. The van der Waals surface area contributed by atoms with Crippen LogP contribution in [0, 0.1) is 12.7 Å². The molecule has 0 saturated carbocycles. The van der Waals surface area contributed by atoms with Gasteiger partial charge in [-0.25, -0.2) is 4.39 Å². The molecule has 5 nitrogen and oxygen atoms in total. The van der Waals surface area contributed by atoms with Gasteiger partial charge < -0.3 is 9.42 Å². The van der Waals surface area contributed by atoms with Crippen molar-refractivity contribution in [2.24, 2.45) is 0 Å². The van der Waals surface area contributed by atoms with Crippen LogP contribution in [-0.4, -0.2) is 27.8 Å². The lowest BCUT2D eigenvalue weighted by atomic mass is 10.1. The summed E-state index contributed by atoms with van der Waals surface area (Å²) < 4.78 is 18.3.